The average molecular weight is 510 g/mol. The van der Waals surface area contributed by atoms with Gasteiger partial charge in [0.15, 0.2) is 0 Å². The molecule has 1 unspecified atom stereocenters. The van der Waals surface area contributed by atoms with Crippen molar-refractivity contribution in [3.8, 4) is 17.0 Å². The highest BCUT2D eigenvalue weighted by molar-refractivity contribution is 5.97. The molecule has 3 heterocycles. The van der Waals surface area contributed by atoms with Crippen LogP contribution in [0, 0.1) is 0 Å². The largest absolute Gasteiger partial charge is 0.481 e. The number of pyridine rings is 1. The molecule has 38 heavy (non-hydrogen) atoms. The van der Waals surface area contributed by atoms with Gasteiger partial charge < -0.3 is 19.7 Å². The van der Waals surface area contributed by atoms with Crippen LogP contribution in [0.2, 0.25) is 0 Å². The Balaban J connectivity index is 1.54. The number of carbonyl (C=O) groups excluding carboxylic acids is 1. The summed E-state index contributed by atoms with van der Waals surface area (Å²) in [4.78, 5) is 19.5. The third-order valence-electron chi connectivity index (χ3n) is 7.33. The number of methoxy groups -OCH3 is 2. The summed E-state index contributed by atoms with van der Waals surface area (Å²) in [5.74, 6) is 1.61. The van der Waals surface area contributed by atoms with Crippen LogP contribution < -0.4 is 10.1 Å². The number of rotatable bonds is 8. The molecule has 2 aromatic heterocycles. The van der Waals surface area contributed by atoms with Gasteiger partial charge in [0, 0.05) is 37.0 Å². The number of carbonyl (C=O) groups is 1. The van der Waals surface area contributed by atoms with E-state index in [0.29, 0.717) is 23.0 Å². The van der Waals surface area contributed by atoms with Gasteiger partial charge >= 0.3 is 5.97 Å². The molecular formula is C30H31N5O3. The Labute approximate surface area is 222 Å². The van der Waals surface area contributed by atoms with Gasteiger partial charge in [-0.05, 0) is 61.1 Å². The quantitative estimate of drug-likeness (QED) is 0.298. The van der Waals surface area contributed by atoms with Gasteiger partial charge in [-0.1, -0.05) is 24.3 Å². The van der Waals surface area contributed by atoms with E-state index in [0.717, 1.165) is 41.1 Å². The molecule has 0 saturated heterocycles. The SMILES string of the molecule is COC(=O)c1cc(C2CC2)ccc1Nc1c(-c2ccc(OC)nc2)c(C2C=C2)nn1C1C(C)=CC=CN1C. The summed E-state index contributed by atoms with van der Waals surface area (Å²) in [5.41, 5.74) is 6.29. The molecule has 2 aliphatic carbocycles. The van der Waals surface area contributed by atoms with Crippen molar-refractivity contribution >= 4 is 17.5 Å². The second-order valence-electron chi connectivity index (χ2n) is 10.0. The minimum atomic E-state index is -0.369. The summed E-state index contributed by atoms with van der Waals surface area (Å²) in [7, 11) is 5.06. The molecule has 8 nitrogen and oxygen atoms in total. The Morgan fingerprint density at radius 3 is 2.58 bits per heavy atom. The van der Waals surface area contributed by atoms with Crippen molar-refractivity contribution in [2.45, 2.75) is 37.8 Å². The maximum Gasteiger partial charge on any atom is 0.339 e. The van der Waals surface area contributed by atoms with Crippen LogP contribution in [-0.2, 0) is 4.74 Å². The molecule has 1 N–H and O–H groups in total. The molecule has 1 fully saturated rings. The van der Waals surface area contributed by atoms with E-state index in [1.165, 1.54) is 12.7 Å². The number of ether oxygens (including phenoxy) is 2. The highest BCUT2D eigenvalue weighted by atomic mass is 16.5. The highest BCUT2D eigenvalue weighted by Gasteiger charge is 2.33. The normalized spacial score (nSPS) is 18.4. The van der Waals surface area contributed by atoms with Gasteiger partial charge in [0.1, 0.15) is 12.0 Å². The van der Waals surface area contributed by atoms with Crippen LogP contribution in [0.3, 0.4) is 0 Å². The lowest BCUT2D eigenvalue weighted by atomic mass is 10.0. The molecule has 3 aromatic rings. The number of anilines is 2. The Hall–Kier alpha value is -4.33. The standard InChI is InChI=1S/C30H31N5O3/c1-18-6-5-15-34(2)29(18)35-28(32-24-13-11-21(19-7-8-19)16-23(24)30(36)38-4)26(27(33-35)20-9-10-20)22-12-14-25(37-3)31-17-22/h5-6,9-17,19-20,29,32H,7-8H2,1-4H3. The highest BCUT2D eigenvalue weighted by Crippen LogP contribution is 2.45. The van der Waals surface area contributed by atoms with Gasteiger partial charge in [0.2, 0.25) is 5.88 Å². The van der Waals surface area contributed by atoms with Crippen molar-refractivity contribution in [2.24, 2.45) is 0 Å². The first-order valence-corrected chi connectivity index (χ1v) is 12.9. The molecule has 0 amide bonds. The summed E-state index contributed by atoms with van der Waals surface area (Å²) >= 11 is 0. The number of hydrogen-bond donors (Lipinski definition) is 1. The van der Waals surface area contributed by atoms with Crippen molar-refractivity contribution in [2.75, 3.05) is 26.6 Å². The number of nitrogens with zero attached hydrogens (tertiary/aromatic N) is 4. The molecule has 1 atom stereocenters. The van der Waals surface area contributed by atoms with Crippen molar-refractivity contribution in [3.63, 3.8) is 0 Å². The lowest BCUT2D eigenvalue weighted by Crippen LogP contribution is -2.29. The van der Waals surface area contributed by atoms with E-state index in [2.05, 4.69) is 46.4 Å². The zero-order valence-corrected chi connectivity index (χ0v) is 22.0. The Bertz CT molecular complexity index is 1470. The van der Waals surface area contributed by atoms with Gasteiger partial charge in [0.05, 0.1) is 36.7 Å². The summed E-state index contributed by atoms with van der Waals surface area (Å²) in [6.07, 6.45) is 14.4. The van der Waals surface area contributed by atoms with Crippen LogP contribution in [0.5, 0.6) is 5.88 Å². The van der Waals surface area contributed by atoms with E-state index >= 15 is 0 Å². The van der Waals surface area contributed by atoms with E-state index < -0.39 is 0 Å². The number of benzene rings is 1. The van der Waals surface area contributed by atoms with E-state index in [1.807, 2.05) is 54.5 Å². The molecule has 0 bridgehead atoms. The fourth-order valence-electron chi connectivity index (χ4n) is 5.09. The van der Waals surface area contributed by atoms with Crippen LogP contribution in [0.15, 0.2) is 72.6 Å². The Morgan fingerprint density at radius 2 is 1.95 bits per heavy atom. The second-order valence-corrected chi connectivity index (χ2v) is 10.0. The fraction of sp³-hybridized carbons (Fsp3) is 0.300. The number of nitrogens with one attached hydrogen (secondary N) is 1. The first-order chi connectivity index (χ1) is 18.5. The van der Waals surface area contributed by atoms with Crippen molar-refractivity contribution < 1.29 is 14.3 Å². The maximum atomic E-state index is 12.9. The summed E-state index contributed by atoms with van der Waals surface area (Å²) < 4.78 is 12.5. The molecule has 8 heteroatoms. The number of esters is 1. The first-order valence-electron chi connectivity index (χ1n) is 12.9. The van der Waals surface area contributed by atoms with Crippen molar-refractivity contribution in [1.82, 2.24) is 19.7 Å². The zero-order valence-electron chi connectivity index (χ0n) is 22.0. The molecule has 0 radical (unpaired) electrons. The minimum Gasteiger partial charge on any atom is -0.481 e. The number of aromatic nitrogens is 3. The smallest absolute Gasteiger partial charge is 0.339 e. The van der Waals surface area contributed by atoms with Crippen molar-refractivity contribution in [3.05, 3.63) is 89.4 Å². The third kappa shape index (κ3) is 4.36. The number of hydrogen-bond acceptors (Lipinski definition) is 7. The molecule has 194 valence electrons. The molecular weight excluding hydrogens is 478 g/mol. The average Bonchev–Trinajstić information content (AvgIpc) is 3.86. The van der Waals surface area contributed by atoms with Gasteiger partial charge in [-0.15, -0.1) is 0 Å². The topological polar surface area (TPSA) is 81.5 Å². The summed E-state index contributed by atoms with van der Waals surface area (Å²) in [6.45, 7) is 2.10. The number of allylic oxidation sites excluding steroid dienone is 4. The third-order valence-corrected chi connectivity index (χ3v) is 7.33. The van der Waals surface area contributed by atoms with Gasteiger partial charge in [-0.3, -0.25) is 0 Å². The van der Waals surface area contributed by atoms with E-state index in [4.69, 9.17) is 14.6 Å². The van der Waals surface area contributed by atoms with Crippen molar-refractivity contribution in [1.29, 1.82) is 0 Å². The summed E-state index contributed by atoms with van der Waals surface area (Å²) in [6, 6.07) is 9.90. The molecule has 1 aliphatic heterocycles. The van der Waals surface area contributed by atoms with Gasteiger partial charge in [0.25, 0.3) is 0 Å². The summed E-state index contributed by atoms with van der Waals surface area (Å²) in [5, 5.41) is 8.78. The molecule has 0 spiro atoms. The first kappa shape index (κ1) is 24.0. The Morgan fingerprint density at radius 1 is 1.13 bits per heavy atom. The lowest BCUT2D eigenvalue weighted by Gasteiger charge is -2.31. The fourth-order valence-corrected chi connectivity index (χ4v) is 5.09. The predicted octanol–water partition coefficient (Wildman–Crippen LogP) is 5.92. The maximum absolute atomic E-state index is 12.9. The monoisotopic (exact) mass is 509 g/mol. The van der Waals surface area contributed by atoms with E-state index in [1.54, 1.807) is 7.11 Å². The lowest BCUT2D eigenvalue weighted by molar-refractivity contribution is 0.0601. The van der Waals surface area contributed by atoms with E-state index in [-0.39, 0.29) is 18.1 Å². The van der Waals surface area contributed by atoms with Crippen LogP contribution in [0.4, 0.5) is 11.5 Å². The van der Waals surface area contributed by atoms with Crippen LogP contribution in [0.1, 0.15) is 59.4 Å². The molecule has 3 aliphatic rings. The van der Waals surface area contributed by atoms with Gasteiger partial charge in [-0.25, -0.2) is 14.5 Å². The molecule has 1 aromatic carbocycles. The van der Waals surface area contributed by atoms with Crippen LogP contribution in [-0.4, -0.2) is 46.9 Å². The number of likely N-dealkylation sites (N-methyl/N-ethyl adjacent to an activating group) is 1. The second kappa shape index (κ2) is 9.52. The van der Waals surface area contributed by atoms with Crippen LogP contribution >= 0.6 is 0 Å². The van der Waals surface area contributed by atoms with Gasteiger partial charge in [-0.2, -0.15) is 5.10 Å². The zero-order chi connectivity index (χ0) is 26.4. The Kier molecular flexibility index (Phi) is 6.02. The molecule has 1 saturated carbocycles. The minimum absolute atomic E-state index is 0.139. The van der Waals surface area contributed by atoms with Crippen LogP contribution in [0.25, 0.3) is 11.1 Å². The van der Waals surface area contributed by atoms with E-state index in [9.17, 15) is 4.79 Å². The molecule has 6 rings (SSSR count). The predicted molar refractivity (Wildman–Crippen MR) is 147 cm³/mol.